The third-order valence-electron chi connectivity index (χ3n) is 5.54. The normalized spacial score (nSPS) is 22.5. The first-order valence-electron chi connectivity index (χ1n) is 9.81. The zero-order valence-corrected chi connectivity index (χ0v) is 17.4. The van der Waals surface area contributed by atoms with Crippen molar-refractivity contribution in [2.75, 3.05) is 7.05 Å². The molecule has 0 radical (unpaired) electrons. The summed E-state index contributed by atoms with van der Waals surface area (Å²) < 4.78 is 0. The lowest BCUT2D eigenvalue weighted by Crippen LogP contribution is -2.50. The first-order chi connectivity index (χ1) is 13.3. The fraction of sp³-hybridized carbons (Fsp3) is 0.500. The predicted octanol–water partition coefficient (Wildman–Crippen LogP) is 3.66. The molecule has 3 rings (SSSR count). The number of likely N-dealkylation sites (N-methyl/N-ethyl adjacent to an activating group) is 1. The number of benzene rings is 1. The quantitative estimate of drug-likeness (QED) is 0.539. The molecule has 1 fully saturated rings. The molecule has 1 heterocycles. The smallest absolute Gasteiger partial charge is 0.245 e. The van der Waals surface area contributed by atoms with Crippen LogP contribution in [0.3, 0.4) is 0 Å². The van der Waals surface area contributed by atoms with Gasteiger partial charge >= 0.3 is 0 Å². The molecule has 2 aliphatic rings. The molecule has 1 aliphatic carbocycles. The number of nitrogens with zero attached hydrogens (tertiary/aromatic N) is 2. The first-order valence-corrected chi connectivity index (χ1v) is 10.2. The standard InChI is InChI=1S/C22H27ClN2O3/c1-14(2)12-19(22(28)24(3)13-15-8-10-16(23)11-9-15)25-20(26)17-6-4-5-7-18(17)21(25)27/h4-5,8-11,14,17-19H,6-7,12-13H2,1-3H3. The molecule has 0 spiro atoms. The van der Waals surface area contributed by atoms with E-state index in [4.69, 9.17) is 11.6 Å². The number of hydrogen-bond acceptors (Lipinski definition) is 3. The van der Waals surface area contributed by atoms with Gasteiger partial charge in [0.15, 0.2) is 0 Å². The molecule has 0 aromatic heterocycles. The first kappa shape index (κ1) is 20.6. The van der Waals surface area contributed by atoms with Crippen molar-refractivity contribution in [3.8, 4) is 0 Å². The van der Waals surface area contributed by atoms with E-state index in [9.17, 15) is 14.4 Å². The number of fused-ring (bicyclic) bond motifs is 1. The number of imide groups is 1. The van der Waals surface area contributed by atoms with E-state index in [1.165, 1.54) is 4.90 Å². The van der Waals surface area contributed by atoms with Crippen LogP contribution in [-0.2, 0) is 20.9 Å². The number of rotatable bonds is 6. The molecular weight excluding hydrogens is 376 g/mol. The van der Waals surface area contributed by atoms with Crippen molar-refractivity contribution in [1.29, 1.82) is 0 Å². The maximum Gasteiger partial charge on any atom is 0.245 e. The van der Waals surface area contributed by atoms with Crippen molar-refractivity contribution in [3.05, 3.63) is 47.0 Å². The summed E-state index contributed by atoms with van der Waals surface area (Å²) >= 11 is 5.93. The Bertz CT molecular complexity index is 761. The van der Waals surface area contributed by atoms with Crippen molar-refractivity contribution >= 4 is 29.3 Å². The number of likely N-dealkylation sites (tertiary alicyclic amines) is 1. The Morgan fingerprint density at radius 1 is 1.11 bits per heavy atom. The third-order valence-corrected chi connectivity index (χ3v) is 5.79. The molecule has 28 heavy (non-hydrogen) atoms. The average molecular weight is 403 g/mol. The van der Waals surface area contributed by atoms with Crippen molar-refractivity contribution < 1.29 is 14.4 Å². The molecule has 0 saturated carbocycles. The Morgan fingerprint density at radius 3 is 2.14 bits per heavy atom. The summed E-state index contributed by atoms with van der Waals surface area (Å²) in [4.78, 5) is 42.1. The SMILES string of the molecule is CC(C)CC(C(=O)N(C)Cc1ccc(Cl)cc1)N1C(=O)C2CC=CCC2C1=O. The number of halogens is 1. The Hall–Kier alpha value is -2.14. The summed E-state index contributed by atoms with van der Waals surface area (Å²) in [5.41, 5.74) is 0.945. The van der Waals surface area contributed by atoms with E-state index in [-0.39, 0.29) is 35.5 Å². The summed E-state index contributed by atoms with van der Waals surface area (Å²) in [7, 11) is 1.71. The van der Waals surface area contributed by atoms with Gasteiger partial charge in [-0.05, 0) is 42.9 Å². The lowest BCUT2D eigenvalue weighted by atomic mass is 9.85. The van der Waals surface area contributed by atoms with Crippen LogP contribution in [0.4, 0.5) is 0 Å². The van der Waals surface area contributed by atoms with E-state index in [1.54, 1.807) is 24.1 Å². The van der Waals surface area contributed by atoms with Gasteiger partial charge in [-0.3, -0.25) is 19.3 Å². The molecule has 5 nitrogen and oxygen atoms in total. The molecule has 3 amide bonds. The van der Waals surface area contributed by atoms with E-state index in [1.807, 2.05) is 38.1 Å². The van der Waals surface area contributed by atoms with Crippen LogP contribution in [0.5, 0.6) is 0 Å². The van der Waals surface area contributed by atoms with Crippen LogP contribution in [0, 0.1) is 17.8 Å². The number of amides is 3. The van der Waals surface area contributed by atoms with Crippen LogP contribution in [-0.4, -0.2) is 40.6 Å². The summed E-state index contributed by atoms with van der Waals surface area (Å²) in [6.45, 7) is 4.40. The van der Waals surface area contributed by atoms with Gasteiger partial charge < -0.3 is 4.90 Å². The largest absolute Gasteiger partial charge is 0.340 e. The maximum absolute atomic E-state index is 13.3. The van der Waals surface area contributed by atoms with Crippen LogP contribution in [0.15, 0.2) is 36.4 Å². The maximum atomic E-state index is 13.3. The highest BCUT2D eigenvalue weighted by Crippen LogP contribution is 2.37. The molecule has 1 aliphatic heterocycles. The molecule has 1 aromatic carbocycles. The van der Waals surface area contributed by atoms with Gasteiger partial charge in [-0.15, -0.1) is 0 Å². The molecule has 0 bridgehead atoms. The highest BCUT2D eigenvalue weighted by molar-refractivity contribution is 6.30. The summed E-state index contributed by atoms with van der Waals surface area (Å²) in [5.74, 6) is -1.05. The summed E-state index contributed by atoms with van der Waals surface area (Å²) in [5, 5.41) is 0.639. The molecule has 3 atom stereocenters. The van der Waals surface area contributed by atoms with Crippen LogP contribution < -0.4 is 0 Å². The zero-order valence-electron chi connectivity index (χ0n) is 16.6. The van der Waals surface area contributed by atoms with Gasteiger partial charge in [0.2, 0.25) is 17.7 Å². The van der Waals surface area contributed by atoms with E-state index in [0.717, 1.165) is 5.56 Å². The lowest BCUT2D eigenvalue weighted by Gasteiger charge is -2.31. The minimum absolute atomic E-state index is 0.180. The topological polar surface area (TPSA) is 57.7 Å². The Morgan fingerprint density at radius 2 is 1.64 bits per heavy atom. The minimum Gasteiger partial charge on any atom is -0.340 e. The van der Waals surface area contributed by atoms with Gasteiger partial charge in [-0.2, -0.15) is 0 Å². The highest BCUT2D eigenvalue weighted by atomic mass is 35.5. The average Bonchev–Trinajstić information content (AvgIpc) is 2.92. The third kappa shape index (κ3) is 4.14. The Labute approximate surface area is 171 Å². The van der Waals surface area contributed by atoms with Gasteiger partial charge in [-0.25, -0.2) is 0 Å². The monoisotopic (exact) mass is 402 g/mol. The van der Waals surface area contributed by atoms with Crippen molar-refractivity contribution in [3.63, 3.8) is 0 Å². The van der Waals surface area contributed by atoms with Gasteiger partial charge in [-0.1, -0.05) is 49.7 Å². The fourth-order valence-electron chi connectivity index (χ4n) is 4.09. The second-order valence-electron chi connectivity index (χ2n) is 8.17. The van der Waals surface area contributed by atoms with E-state index in [0.29, 0.717) is 30.8 Å². The number of carbonyl (C=O) groups excluding carboxylic acids is 3. The van der Waals surface area contributed by atoms with Crippen molar-refractivity contribution in [1.82, 2.24) is 9.80 Å². The molecule has 1 saturated heterocycles. The van der Waals surface area contributed by atoms with Crippen molar-refractivity contribution in [2.24, 2.45) is 17.8 Å². The number of carbonyl (C=O) groups is 3. The van der Waals surface area contributed by atoms with E-state index in [2.05, 4.69) is 0 Å². The molecule has 0 N–H and O–H groups in total. The molecule has 3 unspecified atom stereocenters. The Kier molecular flexibility index (Phi) is 6.23. The van der Waals surface area contributed by atoms with Crippen LogP contribution in [0.2, 0.25) is 5.02 Å². The summed E-state index contributed by atoms with van der Waals surface area (Å²) in [6.07, 6.45) is 5.54. The van der Waals surface area contributed by atoms with Crippen LogP contribution in [0.1, 0.15) is 38.7 Å². The van der Waals surface area contributed by atoms with E-state index < -0.39 is 6.04 Å². The predicted molar refractivity (Wildman–Crippen MR) is 108 cm³/mol. The van der Waals surface area contributed by atoms with Gasteiger partial charge in [0, 0.05) is 18.6 Å². The molecule has 150 valence electrons. The molecule has 1 aromatic rings. The van der Waals surface area contributed by atoms with Gasteiger partial charge in [0.05, 0.1) is 11.8 Å². The number of hydrogen-bond donors (Lipinski definition) is 0. The van der Waals surface area contributed by atoms with E-state index >= 15 is 0 Å². The molecule has 6 heteroatoms. The Balaban J connectivity index is 1.81. The van der Waals surface area contributed by atoms with Gasteiger partial charge in [0.1, 0.15) is 6.04 Å². The molecular formula is C22H27ClN2O3. The zero-order chi connectivity index (χ0) is 20.4. The second-order valence-corrected chi connectivity index (χ2v) is 8.60. The second kappa shape index (κ2) is 8.48. The van der Waals surface area contributed by atoms with Gasteiger partial charge in [0.25, 0.3) is 0 Å². The van der Waals surface area contributed by atoms with Crippen LogP contribution in [0.25, 0.3) is 0 Å². The minimum atomic E-state index is -0.747. The fourth-order valence-corrected chi connectivity index (χ4v) is 4.22. The van der Waals surface area contributed by atoms with Crippen LogP contribution >= 0.6 is 11.6 Å². The number of allylic oxidation sites excluding steroid dienone is 2. The highest BCUT2D eigenvalue weighted by Gasteiger charge is 2.51. The summed E-state index contributed by atoms with van der Waals surface area (Å²) in [6, 6.07) is 6.56. The van der Waals surface area contributed by atoms with Crippen molar-refractivity contribution in [2.45, 2.75) is 45.7 Å². The lowest BCUT2D eigenvalue weighted by molar-refractivity contribution is -0.152.